The molecule has 0 aliphatic carbocycles. The topological polar surface area (TPSA) is 93.7 Å². The van der Waals surface area contributed by atoms with Gasteiger partial charge < -0.3 is 14.8 Å². The molecule has 1 heterocycles. The first-order chi connectivity index (χ1) is 12.7. The molecule has 0 saturated carbocycles. The van der Waals surface area contributed by atoms with Crippen LogP contribution < -0.4 is 19.5 Å². The molecule has 2 aromatic carbocycles. The number of nitrogens with one attached hydrogen (secondary N) is 2. The van der Waals surface area contributed by atoms with E-state index in [1.165, 1.54) is 18.2 Å². The predicted molar refractivity (Wildman–Crippen MR) is 103 cm³/mol. The minimum absolute atomic E-state index is 0.176. The van der Waals surface area contributed by atoms with Crippen molar-refractivity contribution in [2.45, 2.75) is 13.0 Å². The summed E-state index contributed by atoms with van der Waals surface area (Å²) in [7, 11) is -3.46. The average molecular weight is 411 g/mol. The van der Waals surface area contributed by atoms with Gasteiger partial charge in [-0.3, -0.25) is 9.52 Å². The molecule has 1 aliphatic rings. The molecule has 2 aromatic rings. The van der Waals surface area contributed by atoms with Crippen LogP contribution in [0.2, 0.25) is 5.02 Å². The molecule has 7 nitrogen and oxygen atoms in total. The van der Waals surface area contributed by atoms with Crippen LogP contribution in [-0.2, 0) is 10.0 Å². The lowest BCUT2D eigenvalue weighted by molar-refractivity contribution is 0.0940. The Hall–Kier alpha value is -2.45. The fraction of sp³-hybridized carbons (Fsp3) is 0.278. The van der Waals surface area contributed by atoms with Crippen molar-refractivity contribution in [2.75, 3.05) is 24.2 Å². The lowest BCUT2D eigenvalue weighted by atomic mass is 10.1. The van der Waals surface area contributed by atoms with Crippen LogP contribution in [0.1, 0.15) is 28.9 Å². The minimum atomic E-state index is -3.46. The van der Waals surface area contributed by atoms with Crippen LogP contribution in [0.4, 0.5) is 5.69 Å². The summed E-state index contributed by atoms with van der Waals surface area (Å²) in [4.78, 5) is 12.6. The van der Waals surface area contributed by atoms with Crippen LogP contribution in [0.5, 0.6) is 11.5 Å². The van der Waals surface area contributed by atoms with E-state index in [1.54, 1.807) is 6.07 Å². The summed E-state index contributed by atoms with van der Waals surface area (Å²) in [6.07, 6.45) is 1.03. The third kappa shape index (κ3) is 4.84. The van der Waals surface area contributed by atoms with Crippen LogP contribution in [0.3, 0.4) is 0 Å². The monoisotopic (exact) mass is 410 g/mol. The number of halogens is 1. The van der Waals surface area contributed by atoms with Gasteiger partial charge in [0.1, 0.15) is 13.2 Å². The molecule has 0 spiro atoms. The minimum Gasteiger partial charge on any atom is -0.486 e. The third-order valence-corrected chi connectivity index (χ3v) is 4.86. The van der Waals surface area contributed by atoms with Crippen LogP contribution in [0.15, 0.2) is 36.4 Å². The van der Waals surface area contributed by atoms with E-state index in [4.69, 9.17) is 21.1 Å². The maximum atomic E-state index is 12.6. The Morgan fingerprint density at radius 1 is 1.11 bits per heavy atom. The first-order valence-electron chi connectivity index (χ1n) is 8.21. The van der Waals surface area contributed by atoms with Gasteiger partial charge in [0.2, 0.25) is 10.0 Å². The molecule has 0 fully saturated rings. The molecule has 0 radical (unpaired) electrons. The van der Waals surface area contributed by atoms with Crippen molar-refractivity contribution in [1.82, 2.24) is 5.32 Å². The van der Waals surface area contributed by atoms with E-state index in [0.717, 1.165) is 11.8 Å². The number of rotatable bonds is 5. The van der Waals surface area contributed by atoms with Gasteiger partial charge in [0, 0.05) is 5.69 Å². The standard InChI is InChI=1S/C18H19ClN2O5S/c1-11(12-3-6-16-17(9-12)26-8-7-25-16)20-18(22)14-10-13(4-5-15(14)19)21-27(2,23)24/h3-6,9-11,21H,7-8H2,1-2H3,(H,20,22)/t11-/m1/s1. The Morgan fingerprint density at radius 3 is 2.52 bits per heavy atom. The molecule has 1 amide bonds. The van der Waals surface area contributed by atoms with E-state index in [0.29, 0.717) is 24.7 Å². The highest BCUT2D eigenvalue weighted by Crippen LogP contribution is 2.32. The molecule has 27 heavy (non-hydrogen) atoms. The molecule has 3 rings (SSSR count). The maximum absolute atomic E-state index is 12.6. The Morgan fingerprint density at radius 2 is 1.81 bits per heavy atom. The third-order valence-electron chi connectivity index (χ3n) is 3.93. The largest absolute Gasteiger partial charge is 0.486 e. The number of hydrogen-bond acceptors (Lipinski definition) is 5. The van der Waals surface area contributed by atoms with Gasteiger partial charge >= 0.3 is 0 Å². The molecule has 1 aliphatic heterocycles. The lowest BCUT2D eigenvalue weighted by Crippen LogP contribution is -2.27. The number of ether oxygens (including phenoxy) is 2. The molecule has 9 heteroatoms. The van der Waals surface area contributed by atoms with Crippen LogP contribution in [0.25, 0.3) is 0 Å². The number of sulfonamides is 1. The SMILES string of the molecule is C[C@@H](NC(=O)c1cc(NS(C)(=O)=O)ccc1Cl)c1ccc2c(c1)OCCO2. The van der Waals surface area contributed by atoms with Crippen molar-refractivity contribution in [1.29, 1.82) is 0 Å². The highest BCUT2D eigenvalue weighted by atomic mass is 35.5. The van der Waals surface area contributed by atoms with E-state index in [-0.39, 0.29) is 22.3 Å². The molecular weight excluding hydrogens is 392 g/mol. The first kappa shape index (κ1) is 19.3. The van der Waals surface area contributed by atoms with E-state index in [9.17, 15) is 13.2 Å². The second-order valence-corrected chi connectivity index (χ2v) is 8.32. The summed E-state index contributed by atoms with van der Waals surface area (Å²) in [5.41, 5.74) is 1.28. The number of amides is 1. The summed E-state index contributed by atoms with van der Waals surface area (Å²) in [5, 5.41) is 3.08. The Labute approximate surface area is 162 Å². The van der Waals surface area contributed by atoms with Gasteiger partial charge in [-0.25, -0.2) is 8.42 Å². The average Bonchev–Trinajstić information content (AvgIpc) is 2.61. The van der Waals surface area contributed by atoms with Gasteiger partial charge in [-0.15, -0.1) is 0 Å². The Bertz CT molecular complexity index is 978. The van der Waals surface area contributed by atoms with E-state index in [1.807, 2.05) is 19.1 Å². The number of benzene rings is 2. The van der Waals surface area contributed by atoms with Gasteiger partial charge in [-0.1, -0.05) is 17.7 Å². The van der Waals surface area contributed by atoms with Crippen molar-refractivity contribution in [3.63, 3.8) is 0 Å². The number of carbonyl (C=O) groups is 1. The second kappa shape index (κ2) is 7.66. The van der Waals surface area contributed by atoms with Crippen molar-refractivity contribution in [2.24, 2.45) is 0 Å². The van der Waals surface area contributed by atoms with Crippen LogP contribution in [-0.4, -0.2) is 33.8 Å². The zero-order valence-corrected chi connectivity index (χ0v) is 16.4. The predicted octanol–water partition coefficient (Wildman–Crippen LogP) is 2.97. The smallest absolute Gasteiger partial charge is 0.253 e. The van der Waals surface area contributed by atoms with Gasteiger partial charge in [0.25, 0.3) is 5.91 Å². The number of hydrogen-bond donors (Lipinski definition) is 2. The molecule has 0 unspecified atom stereocenters. The van der Waals surface area contributed by atoms with E-state index < -0.39 is 15.9 Å². The summed E-state index contributed by atoms with van der Waals surface area (Å²) in [5.74, 6) is 0.892. The summed E-state index contributed by atoms with van der Waals surface area (Å²) < 4.78 is 36.1. The maximum Gasteiger partial charge on any atom is 0.253 e. The quantitative estimate of drug-likeness (QED) is 0.790. The van der Waals surface area contributed by atoms with Gasteiger partial charge in [-0.2, -0.15) is 0 Å². The van der Waals surface area contributed by atoms with Crippen molar-refractivity contribution < 1.29 is 22.7 Å². The van der Waals surface area contributed by atoms with Gasteiger partial charge in [0.05, 0.1) is 22.9 Å². The van der Waals surface area contributed by atoms with Gasteiger partial charge in [-0.05, 0) is 42.8 Å². The lowest BCUT2D eigenvalue weighted by Gasteiger charge is -2.21. The number of carbonyl (C=O) groups excluding carboxylic acids is 1. The highest BCUT2D eigenvalue weighted by molar-refractivity contribution is 7.92. The Kier molecular flexibility index (Phi) is 5.48. The molecule has 0 saturated heterocycles. The fourth-order valence-electron chi connectivity index (χ4n) is 2.66. The number of fused-ring (bicyclic) bond motifs is 1. The Balaban J connectivity index is 1.77. The molecule has 2 N–H and O–H groups in total. The molecule has 1 atom stereocenters. The summed E-state index contributed by atoms with van der Waals surface area (Å²) in [6, 6.07) is 9.51. The molecule has 0 aromatic heterocycles. The van der Waals surface area contributed by atoms with Crippen molar-refractivity contribution >= 4 is 33.2 Å². The number of anilines is 1. The van der Waals surface area contributed by atoms with Crippen molar-refractivity contribution in [3.05, 3.63) is 52.5 Å². The van der Waals surface area contributed by atoms with Crippen LogP contribution >= 0.6 is 11.6 Å². The van der Waals surface area contributed by atoms with E-state index in [2.05, 4.69) is 10.0 Å². The highest BCUT2D eigenvalue weighted by Gasteiger charge is 2.18. The zero-order valence-electron chi connectivity index (χ0n) is 14.8. The zero-order chi connectivity index (χ0) is 19.6. The summed E-state index contributed by atoms with van der Waals surface area (Å²) >= 11 is 6.11. The molecule has 0 bridgehead atoms. The molecular formula is C18H19ClN2O5S. The first-order valence-corrected chi connectivity index (χ1v) is 10.5. The van der Waals surface area contributed by atoms with Gasteiger partial charge in [0.15, 0.2) is 11.5 Å². The normalized spacial score (nSPS) is 14.3. The second-order valence-electron chi connectivity index (χ2n) is 6.17. The summed E-state index contributed by atoms with van der Waals surface area (Å²) in [6.45, 7) is 2.82. The van der Waals surface area contributed by atoms with E-state index >= 15 is 0 Å². The van der Waals surface area contributed by atoms with Crippen molar-refractivity contribution in [3.8, 4) is 11.5 Å². The fourth-order valence-corrected chi connectivity index (χ4v) is 3.42. The van der Waals surface area contributed by atoms with Crippen LogP contribution in [0, 0.1) is 0 Å². The molecule has 144 valence electrons.